The quantitative estimate of drug-likeness (QED) is 0.250. The van der Waals surface area contributed by atoms with Gasteiger partial charge in [0.2, 0.25) is 0 Å². The predicted octanol–water partition coefficient (Wildman–Crippen LogP) is 6.16. The number of benzene rings is 3. The van der Waals surface area contributed by atoms with Crippen molar-refractivity contribution in [3.05, 3.63) is 82.4 Å². The lowest BCUT2D eigenvalue weighted by Gasteiger charge is -2.14. The van der Waals surface area contributed by atoms with Gasteiger partial charge in [-0.2, -0.15) is 0 Å². The second kappa shape index (κ2) is 6.80. The summed E-state index contributed by atoms with van der Waals surface area (Å²) in [4.78, 5) is 15.4. The minimum Gasteiger partial charge on any atom is -0.258 e. The van der Waals surface area contributed by atoms with E-state index in [1.54, 1.807) is 12.1 Å². The topological polar surface area (TPSA) is 56.0 Å². The van der Waals surface area contributed by atoms with Crippen molar-refractivity contribution < 1.29 is 4.92 Å². The predicted molar refractivity (Wildman–Crippen MR) is 110 cm³/mol. The van der Waals surface area contributed by atoms with Gasteiger partial charge in [0.25, 0.3) is 5.69 Å². The molecule has 0 radical (unpaired) electrons. The zero-order valence-electron chi connectivity index (χ0n) is 15.3. The molecule has 134 valence electrons. The highest BCUT2D eigenvalue weighted by atomic mass is 16.6. The summed E-state index contributed by atoms with van der Waals surface area (Å²) >= 11 is 0. The van der Waals surface area contributed by atoms with E-state index in [9.17, 15) is 10.1 Å². The summed E-state index contributed by atoms with van der Waals surface area (Å²) in [5.41, 5.74) is 4.05. The Morgan fingerprint density at radius 1 is 1.00 bits per heavy atom. The molecule has 0 atom stereocenters. The molecule has 3 aromatic carbocycles. The molecule has 4 nitrogen and oxygen atoms in total. The maximum absolute atomic E-state index is 10.9. The van der Waals surface area contributed by atoms with E-state index in [4.69, 9.17) is 4.98 Å². The van der Waals surface area contributed by atoms with Crippen molar-refractivity contribution in [1.29, 1.82) is 0 Å². The maximum Gasteiger partial charge on any atom is 0.269 e. The monoisotopic (exact) mass is 356 g/mol. The molecule has 4 aromatic rings. The summed E-state index contributed by atoms with van der Waals surface area (Å²) in [6, 6.07) is 21.3. The Balaban J connectivity index is 1.95. The minimum absolute atomic E-state index is 0.0907. The molecule has 0 fully saturated rings. The van der Waals surface area contributed by atoms with E-state index < -0.39 is 0 Å². The lowest BCUT2D eigenvalue weighted by molar-refractivity contribution is -0.384. The second-order valence-electron chi connectivity index (χ2n) is 7.25. The van der Waals surface area contributed by atoms with Gasteiger partial charge in [-0.3, -0.25) is 10.1 Å². The molecule has 4 rings (SSSR count). The van der Waals surface area contributed by atoms with Crippen molar-refractivity contribution in [3.63, 3.8) is 0 Å². The van der Waals surface area contributed by atoms with Crippen LogP contribution in [0.5, 0.6) is 0 Å². The molecular weight excluding hydrogens is 336 g/mol. The van der Waals surface area contributed by atoms with Gasteiger partial charge in [-0.25, -0.2) is 4.98 Å². The van der Waals surface area contributed by atoms with Crippen molar-refractivity contribution in [2.75, 3.05) is 0 Å². The molecule has 0 amide bonds. The number of hydrogen-bond acceptors (Lipinski definition) is 3. The van der Waals surface area contributed by atoms with Gasteiger partial charge >= 0.3 is 0 Å². The Hall–Kier alpha value is -3.27. The molecule has 0 unspecified atom stereocenters. The van der Waals surface area contributed by atoms with E-state index in [0.29, 0.717) is 5.92 Å². The van der Waals surface area contributed by atoms with Crippen LogP contribution >= 0.6 is 0 Å². The maximum atomic E-state index is 10.9. The summed E-state index contributed by atoms with van der Waals surface area (Å²) < 4.78 is 0. The van der Waals surface area contributed by atoms with Crippen LogP contribution in [0, 0.1) is 16.0 Å². The van der Waals surface area contributed by atoms with Gasteiger partial charge < -0.3 is 0 Å². The summed E-state index contributed by atoms with van der Waals surface area (Å²) in [5.74, 6) is 0.513. The summed E-state index contributed by atoms with van der Waals surface area (Å²) in [7, 11) is 0. The molecule has 4 heteroatoms. The Morgan fingerprint density at radius 2 is 1.74 bits per heavy atom. The number of hydrogen-bond donors (Lipinski definition) is 0. The molecule has 1 aromatic heterocycles. The molecule has 0 bridgehead atoms. The van der Waals surface area contributed by atoms with Crippen LogP contribution in [-0.2, 0) is 6.42 Å². The fraction of sp³-hybridized carbons (Fsp3) is 0.174. The van der Waals surface area contributed by atoms with Crippen LogP contribution in [0.25, 0.3) is 32.9 Å². The van der Waals surface area contributed by atoms with Crippen molar-refractivity contribution in [3.8, 4) is 11.3 Å². The first-order valence-corrected chi connectivity index (χ1v) is 9.09. The highest BCUT2D eigenvalue weighted by Crippen LogP contribution is 2.32. The number of aromatic nitrogens is 1. The molecule has 1 heterocycles. The van der Waals surface area contributed by atoms with E-state index in [-0.39, 0.29) is 10.6 Å². The van der Waals surface area contributed by atoms with E-state index in [1.807, 2.05) is 0 Å². The van der Waals surface area contributed by atoms with Crippen LogP contribution in [-0.4, -0.2) is 9.91 Å². The molecule has 0 aliphatic rings. The molecule has 0 aliphatic heterocycles. The SMILES string of the molecule is CC(C)Cc1cc(-c2ccc([N+](=O)[O-])cc2)nc2ccc3ccccc3c12. The van der Waals surface area contributed by atoms with E-state index >= 15 is 0 Å². The number of nitrogens with zero attached hydrogens (tertiary/aromatic N) is 2. The number of fused-ring (bicyclic) bond motifs is 3. The fourth-order valence-corrected chi connectivity index (χ4v) is 3.59. The third kappa shape index (κ3) is 3.26. The summed E-state index contributed by atoms with van der Waals surface area (Å²) in [6.45, 7) is 4.42. The van der Waals surface area contributed by atoms with Gasteiger partial charge in [-0.1, -0.05) is 44.2 Å². The van der Waals surface area contributed by atoms with E-state index in [2.05, 4.69) is 56.3 Å². The van der Waals surface area contributed by atoms with Gasteiger partial charge in [0.05, 0.1) is 16.1 Å². The van der Waals surface area contributed by atoms with Crippen molar-refractivity contribution in [2.24, 2.45) is 5.92 Å². The first-order chi connectivity index (χ1) is 13.0. The van der Waals surface area contributed by atoms with Crippen LogP contribution in [0.3, 0.4) is 0 Å². The standard InChI is InChI=1S/C23H20N2O2/c1-15(2)13-18-14-22(17-7-10-19(11-8-17)25(26)27)24-21-12-9-16-5-3-4-6-20(16)23(18)21/h3-12,14-15H,13H2,1-2H3. The Kier molecular flexibility index (Phi) is 4.32. The Bertz CT molecular complexity index is 1150. The lowest BCUT2D eigenvalue weighted by atomic mass is 9.94. The number of pyridine rings is 1. The van der Waals surface area contributed by atoms with E-state index in [1.165, 1.54) is 33.9 Å². The smallest absolute Gasteiger partial charge is 0.258 e. The summed E-state index contributed by atoms with van der Waals surface area (Å²) in [6.07, 6.45) is 0.951. The normalized spacial score (nSPS) is 11.4. The van der Waals surface area contributed by atoms with Crippen molar-refractivity contribution in [2.45, 2.75) is 20.3 Å². The van der Waals surface area contributed by atoms with Gasteiger partial charge in [-0.05, 0) is 52.9 Å². The number of nitro benzene ring substituents is 1. The summed E-state index contributed by atoms with van der Waals surface area (Å²) in [5, 5.41) is 14.5. The van der Waals surface area contributed by atoms with Gasteiger partial charge in [0, 0.05) is 23.1 Å². The molecule has 0 saturated heterocycles. The zero-order valence-corrected chi connectivity index (χ0v) is 15.3. The van der Waals surface area contributed by atoms with Crippen LogP contribution in [0.1, 0.15) is 19.4 Å². The molecule has 0 saturated carbocycles. The molecule has 0 aliphatic carbocycles. The number of rotatable bonds is 4. The van der Waals surface area contributed by atoms with Gasteiger partial charge in [-0.15, -0.1) is 0 Å². The first-order valence-electron chi connectivity index (χ1n) is 9.09. The average Bonchev–Trinajstić information content (AvgIpc) is 2.67. The van der Waals surface area contributed by atoms with Crippen molar-refractivity contribution >= 4 is 27.4 Å². The Morgan fingerprint density at radius 3 is 2.44 bits per heavy atom. The largest absolute Gasteiger partial charge is 0.269 e. The highest BCUT2D eigenvalue weighted by Gasteiger charge is 2.13. The number of nitro groups is 1. The fourth-order valence-electron chi connectivity index (χ4n) is 3.59. The van der Waals surface area contributed by atoms with Gasteiger partial charge in [0.1, 0.15) is 0 Å². The van der Waals surface area contributed by atoms with Crippen molar-refractivity contribution in [1.82, 2.24) is 4.98 Å². The lowest BCUT2D eigenvalue weighted by Crippen LogP contribution is -1.99. The zero-order chi connectivity index (χ0) is 19.0. The third-order valence-electron chi connectivity index (χ3n) is 4.78. The first kappa shape index (κ1) is 17.2. The molecule has 0 N–H and O–H groups in total. The average molecular weight is 356 g/mol. The highest BCUT2D eigenvalue weighted by molar-refractivity contribution is 6.08. The Labute approximate surface area is 157 Å². The molecular formula is C23H20N2O2. The second-order valence-corrected chi connectivity index (χ2v) is 7.25. The molecule has 0 spiro atoms. The van der Waals surface area contributed by atoms with Gasteiger partial charge in [0.15, 0.2) is 0 Å². The van der Waals surface area contributed by atoms with Crippen LogP contribution < -0.4 is 0 Å². The number of non-ortho nitro benzene ring substituents is 1. The van der Waals surface area contributed by atoms with Crippen LogP contribution in [0.2, 0.25) is 0 Å². The third-order valence-corrected chi connectivity index (χ3v) is 4.78. The minimum atomic E-state index is -0.381. The molecule has 27 heavy (non-hydrogen) atoms. The van der Waals surface area contributed by atoms with E-state index in [0.717, 1.165) is 23.2 Å². The van der Waals surface area contributed by atoms with Crippen LogP contribution in [0.4, 0.5) is 5.69 Å². The van der Waals surface area contributed by atoms with Crippen LogP contribution in [0.15, 0.2) is 66.7 Å².